The smallest absolute Gasteiger partial charge is 0.158 e. The highest BCUT2D eigenvalue weighted by atomic mass is 35.5. The van der Waals surface area contributed by atoms with Crippen molar-refractivity contribution in [3.8, 4) is 17.1 Å². The molecule has 0 saturated carbocycles. The summed E-state index contributed by atoms with van der Waals surface area (Å²) in [6, 6.07) is 17.4. The highest BCUT2D eigenvalue weighted by Gasteiger charge is 2.09. The molecule has 0 radical (unpaired) electrons. The second-order valence-corrected chi connectivity index (χ2v) is 6.22. The Balaban J connectivity index is 1.63. The van der Waals surface area contributed by atoms with Crippen LogP contribution in [0.1, 0.15) is 11.3 Å². The van der Waals surface area contributed by atoms with E-state index in [1.807, 2.05) is 54.6 Å². The summed E-state index contributed by atoms with van der Waals surface area (Å²) in [5.74, 6) is 2.35. The van der Waals surface area contributed by atoms with Crippen molar-refractivity contribution in [2.24, 2.45) is 0 Å². The van der Waals surface area contributed by atoms with Crippen LogP contribution in [-0.2, 0) is 13.1 Å². The van der Waals surface area contributed by atoms with E-state index in [0.29, 0.717) is 10.8 Å². The Morgan fingerprint density at radius 3 is 2.54 bits per heavy atom. The number of quaternary nitrogens is 1. The number of benzene rings is 2. The second-order valence-electron chi connectivity index (χ2n) is 5.40. The number of ether oxygens (including phenoxy) is 1. The van der Waals surface area contributed by atoms with Crippen LogP contribution in [0.5, 0.6) is 5.75 Å². The molecule has 0 spiro atoms. The standard InChI is InChI=1S/C19H17Cl2NO2/c1-23-19-8-6-13(10-17(19)21)18-9-7-15(24-18)12-22-11-14-4-2-3-5-16(14)20/h2-10,22H,11-12H2,1H3/p+1. The molecule has 0 aliphatic heterocycles. The molecule has 2 aromatic carbocycles. The van der Waals surface area contributed by atoms with Gasteiger partial charge in [-0.1, -0.05) is 41.4 Å². The minimum Gasteiger partial charge on any atom is -0.495 e. The highest BCUT2D eigenvalue weighted by molar-refractivity contribution is 6.32. The van der Waals surface area contributed by atoms with Gasteiger partial charge in [0.2, 0.25) is 0 Å². The molecule has 24 heavy (non-hydrogen) atoms. The molecular formula is C19H18Cl2NO2+. The van der Waals surface area contributed by atoms with Gasteiger partial charge in [0.1, 0.15) is 24.6 Å². The molecule has 5 heteroatoms. The number of halogens is 2. The summed E-state index contributed by atoms with van der Waals surface area (Å²) in [6.07, 6.45) is 0. The minimum atomic E-state index is 0.568. The van der Waals surface area contributed by atoms with Crippen LogP contribution in [0.2, 0.25) is 10.0 Å². The summed E-state index contributed by atoms with van der Waals surface area (Å²) in [5.41, 5.74) is 2.05. The van der Waals surface area contributed by atoms with Gasteiger partial charge in [0.05, 0.1) is 12.1 Å². The van der Waals surface area contributed by atoms with Gasteiger partial charge in [-0.3, -0.25) is 0 Å². The topological polar surface area (TPSA) is 39.0 Å². The molecular weight excluding hydrogens is 345 g/mol. The largest absolute Gasteiger partial charge is 0.495 e. The van der Waals surface area contributed by atoms with Crippen LogP contribution in [0.25, 0.3) is 11.3 Å². The summed E-state index contributed by atoms with van der Waals surface area (Å²) < 4.78 is 11.1. The Morgan fingerprint density at radius 1 is 0.958 bits per heavy atom. The molecule has 3 aromatic rings. The fraction of sp³-hybridized carbons (Fsp3) is 0.158. The molecule has 0 unspecified atom stereocenters. The van der Waals surface area contributed by atoms with Crippen LogP contribution in [0, 0.1) is 0 Å². The molecule has 124 valence electrons. The molecule has 3 rings (SSSR count). The fourth-order valence-electron chi connectivity index (χ4n) is 2.50. The summed E-state index contributed by atoms with van der Waals surface area (Å²) in [5, 5.41) is 3.52. The van der Waals surface area contributed by atoms with E-state index in [2.05, 4.69) is 5.32 Å². The van der Waals surface area contributed by atoms with Crippen molar-refractivity contribution in [1.29, 1.82) is 0 Å². The van der Waals surface area contributed by atoms with Crippen LogP contribution in [0.4, 0.5) is 0 Å². The van der Waals surface area contributed by atoms with E-state index in [1.54, 1.807) is 7.11 Å². The predicted octanol–water partition coefficient (Wildman–Crippen LogP) is 4.53. The Kier molecular flexibility index (Phi) is 5.46. The first-order valence-corrected chi connectivity index (χ1v) is 8.40. The average molecular weight is 363 g/mol. The van der Waals surface area contributed by atoms with Gasteiger partial charge in [-0.2, -0.15) is 0 Å². The molecule has 1 heterocycles. The third-order valence-electron chi connectivity index (χ3n) is 3.77. The van der Waals surface area contributed by atoms with Crippen LogP contribution in [0.15, 0.2) is 59.0 Å². The predicted molar refractivity (Wildman–Crippen MR) is 96.5 cm³/mol. The molecule has 0 aliphatic rings. The minimum absolute atomic E-state index is 0.568. The molecule has 0 bridgehead atoms. The van der Waals surface area contributed by atoms with Crippen molar-refractivity contribution in [3.63, 3.8) is 0 Å². The Bertz CT molecular complexity index is 830. The van der Waals surface area contributed by atoms with Gasteiger partial charge < -0.3 is 14.5 Å². The van der Waals surface area contributed by atoms with Crippen molar-refractivity contribution in [2.75, 3.05) is 7.11 Å². The second kappa shape index (κ2) is 7.75. The Labute approximate surface area is 151 Å². The van der Waals surface area contributed by atoms with Crippen molar-refractivity contribution in [2.45, 2.75) is 13.1 Å². The number of nitrogens with two attached hydrogens (primary N) is 1. The van der Waals surface area contributed by atoms with Gasteiger partial charge in [-0.05, 0) is 36.4 Å². The summed E-state index contributed by atoms with van der Waals surface area (Å²) in [4.78, 5) is 0. The number of methoxy groups -OCH3 is 1. The number of furan rings is 1. The Morgan fingerprint density at radius 2 is 1.79 bits per heavy atom. The maximum atomic E-state index is 6.17. The zero-order valence-electron chi connectivity index (χ0n) is 13.3. The van der Waals surface area contributed by atoms with Crippen LogP contribution < -0.4 is 10.1 Å². The molecule has 1 aromatic heterocycles. The zero-order valence-corrected chi connectivity index (χ0v) is 14.8. The van der Waals surface area contributed by atoms with Crippen molar-refractivity contribution >= 4 is 23.2 Å². The van der Waals surface area contributed by atoms with Gasteiger partial charge in [0.25, 0.3) is 0 Å². The third kappa shape index (κ3) is 3.93. The van der Waals surface area contributed by atoms with Gasteiger partial charge in [0, 0.05) is 16.1 Å². The summed E-state index contributed by atoms with van der Waals surface area (Å²) in [7, 11) is 1.60. The molecule has 2 N–H and O–H groups in total. The first-order chi connectivity index (χ1) is 11.7. The van der Waals surface area contributed by atoms with E-state index in [4.69, 9.17) is 32.4 Å². The van der Waals surface area contributed by atoms with Gasteiger partial charge in [0.15, 0.2) is 5.76 Å². The normalized spacial score (nSPS) is 10.8. The van der Waals surface area contributed by atoms with E-state index in [1.165, 1.54) is 0 Å². The number of hydrogen-bond acceptors (Lipinski definition) is 2. The maximum absolute atomic E-state index is 6.17. The van der Waals surface area contributed by atoms with Gasteiger partial charge >= 0.3 is 0 Å². The lowest BCUT2D eigenvalue weighted by Gasteiger charge is -2.04. The Hall–Kier alpha value is -1.94. The maximum Gasteiger partial charge on any atom is 0.158 e. The lowest BCUT2D eigenvalue weighted by molar-refractivity contribution is -0.687. The van der Waals surface area contributed by atoms with Crippen LogP contribution in [-0.4, -0.2) is 7.11 Å². The summed E-state index contributed by atoms with van der Waals surface area (Å²) >= 11 is 12.3. The monoisotopic (exact) mass is 362 g/mol. The van der Waals surface area contributed by atoms with Crippen LogP contribution in [0.3, 0.4) is 0 Å². The van der Waals surface area contributed by atoms with Crippen molar-refractivity contribution in [1.82, 2.24) is 0 Å². The first kappa shape index (κ1) is 16.9. The number of rotatable bonds is 6. The molecule has 0 saturated heterocycles. The van der Waals surface area contributed by atoms with E-state index in [0.717, 1.165) is 40.8 Å². The highest BCUT2D eigenvalue weighted by Crippen LogP contribution is 2.30. The van der Waals surface area contributed by atoms with Crippen molar-refractivity contribution < 1.29 is 14.5 Å². The number of hydrogen-bond donors (Lipinski definition) is 1. The quantitative estimate of drug-likeness (QED) is 0.699. The first-order valence-electron chi connectivity index (χ1n) is 7.65. The van der Waals surface area contributed by atoms with E-state index in [-0.39, 0.29) is 0 Å². The lowest BCUT2D eigenvalue weighted by atomic mass is 10.2. The zero-order chi connectivity index (χ0) is 16.9. The SMILES string of the molecule is COc1ccc(-c2ccc(C[NH2+]Cc3ccccc3Cl)o2)cc1Cl. The molecule has 0 atom stereocenters. The molecule has 0 amide bonds. The van der Waals surface area contributed by atoms with Crippen molar-refractivity contribution in [3.05, 3.63) is 76.0 Å². The molecule has 0 aliphatic carbocycles. The average Bonchev–Trinajstić information content (AvgIpc) is 3.05. The lowest BCUT2D eigenvalue weighted by Crippen LogP contribution is -2.80. The van der Waals surface area contributed by atoms with E-state index >= 15 is 0 Å². The fourth-order valence-corrected chi connectivity index (χ4v) is 2.97. The van der Waals surface area contributed by atoms with E-state index < -0.39 is 0 Å². The third-order valence-corrected chi connectivity index (χ3v) is 4.43. The van der Waals surface area contributed by atoms with E-state index in [9.17, 15) is 0 Å². The van der Waals surface area contributed by atoms with Gasteiger partial charge in [-0.15, -0.1) is 0 Å². The molecule has 0 fully saturated rings. The van der Waals surface area contributed by atoms with Crippen LogP contribution >= 0.6 is 23.2 Å². The molecule has 3 nitrogen and oxygen atoms in total. The summed E-state index contributed by atoms with van der Waals surface area (Å²) in [6.45, 7) is 1.55. The van der Waals surface area contributed by atoms with Gasteiger partial charge in [-0.25, -0.2) is 0 Å².